The molecule has 0 fully saturated rings. The van der Waals surface area contributed by atoms with Crippen molar-refractivity contribution in [2.24, 2.45) is 0 Å². The van der Waals surface area contributed by atoms with Crippen LogP contribution >= 0.6 is 68.4 Å². The highest BCUT2D eigenvalue weighted by molar-refractivity contribution is 14.1. The van der Waals surface area contributed by atoms with Gasteiger partial charge in [-0.1, -0.05) is 41.8 Å². The molecule has 0 amide bonds. The highest BCUT2D eigenvalue weighted by atomic mass is 127. The van der Waals surface area contributed by atoms with Gasteiger partial charge < -0.3 is 9.80 Å². The highest BCUT2D eigenvalue weighted by Gasteiger charge is 2.24. The smallest absolute Gasteiger partial charge is 0.0997 e. The fourth-order valence-corrected chi connectivity index (χ4v) is 6.22. The van der Waals surface area contributed by atoms with Gasteiger partial charge in [0.15, 0.2) is 0 Å². The summed E-state index contributed by atoms with van der Waals surface area (Å²) in [6.45, 7) is 1.97. The molecule has 0 aromatic heterocycles. The number of unbranched alkanes of at least 4 members (excludes halogenated alkanes) is 2. The largest absolute Gasteiger partial charge is 0.355 e. The second-order valence-electron chi connectivity index (χ2n) is 8.43. The first-order chi connectivity index (χ1) is 15.8. The van der Waals surface area contributed by atoms with Gasteiger partial charge in [-0.2, -0.15) is 0 Å². The molecule has 2 heterocycles. The summed E-state index contributed by atoms with van der Waals surface area (Å²) in [4.78, 5) is 4.53. The molecule has 8 heteroatoms. The number of rotatable bonds is 8. The first-order valence-corrected chi connectivity index (χ1v) is 14.0. The molecule has 2 unspecified atom stereocenters. The van der Waals surface area contributed by atoms with Crippen molar-refractivity contribution in [1.29, 1.82) is 0 Å². The Morgan fingerprint density at radius 2 is 1.15 bits per heavy atom. The summed E-state index contributed by atoms with van der Waals surface area (Å²) in [6.07, 6.45) is 8.42. The van der Waals surface area contributed by atoms with Gasteiger partial charge in [-0.3, -0.25) is 10.6 Å². The predicted octanol–water partition coefficient (Wildman–Crippen LogP) is 7.15. The average Bonchev–Trinajstić information content (AvgIpc) is 2.79. The third-order valence-corrected chi connectivity index (χ3v) is 8.55. The van der Waals surface area contributed by atoms with Crippen molar-refractivity contribution in [3.63, 3.8) is 0 Å². The first kappa shape index (κ1) is 25.6. The minimum Gasteiger partial charge on any atom is -0.355 e. The molecule has 2 atom stereocenters. The molecule has 2 aliphatic heterocycles. The normalized spacial score (nSPS) is 19.7. The van der Waals surface area contributed by atoms with E-state index in [4.69, 9.17) is 23.2 Å². The number of fused-ring (bicyclic) bond motifs is 2. The van der Waals surface area contributed by atoms with Crippen molar-refractivity contribution in [2.45, 2.75) is 31.6 Å². The molecule has 0 radical (unpaired) electrons. The van der Waals surface area contributed by atoms with E-state index in [1.165, 1.54) is 36.1 Å². The summed E-state index contributed by atoms with van der Waals surface area (Å²) < 4.78 is 2.53. The van der Waals surface area contributed by atoms with Crippen LogP contribution in [0.15, 0.2) is 48.6 Å². The van der Waals surface area contributed by atoms with E-state index in [0.29, 0.717) is 0 Å². The summed E-state index contributed by atoms with van der Waals surface area (Å²) >= 11 is 17.3. The number of likely N-dealkylation sites (N-methyl/N-ethyl adjacent to an activating group) is 2. The summed E-state index contributed by atoms with van der Waals surface area (Å²) in [5.41, 5.74) is 4.84. The molecule has 4 rings (SSSR count). The van der Waals surface area contributed by atoms with Gasteiger partial charge in [0.25, 0.3) is 0 Å². The summed E-state index contributed by atoms with van der Waals surface area (Å²) in [6, 6.07) is 12.2. The zero-order valence-electron chi connectivity index (χ0n) is 18.7. The van der Waals surface area contributed by atoms with Gasteiger partial charge in [-0.15, -0.1) is 0 Å². The van der Waals surface area contributed by atoms with Crippen LogP contribution in [-0.4, -0.2) is 39.5 Å². The Morgan fingerprint density at radius 3 is 1.58 bits per heavy atom. The Balaban J connectivity index is 1.20. The standard InChI is InChI=1S/C25H28Cl2I2N4/c1-32-22-12-16(26)6-8-18(22)20(28)14-24(32)30-10-4-3-5-11-31-25-15-21(29)19-9-7-17(27)13-23(19)33(25)2/h6-9,12-15,24-25,30-31H,3-5,10-11H2,1-2H3. The topological polar surface area (TPSA) is 30.5 Å². The van der Waals surface area contributed by atoms with E-state index in [9.17, 15) is 0 Å². The van der Waals surface area contributed by atoms with Crippen molar-refractivity contribution in [3.05, 3.63) is 69.7 Å². The molecule has 0 bridgehead atoms. The number of anilines is 2. The van der Waals surface area contributed by atoms with Crippen molar-refractivity contribution >= 4 is 86.9 Å². The third-order valence-electron chi connectivity index (χ3n) is 6.20. The van der Waals surface area contributed by atoms with Gasteiger partial charge in [0.2, 0.25) is 0 Å². The van der Waals surface area contributed by atoms with Crippen LogP contribution in [0.4, 0.5) is 11.4 Å². The van der Waals surface area contributed by atoms with E-state index in [-0.39, 0.29) is 12.3 Å². The molecule has 2 aliphatic rings. The Bertz CT molecular complexity index is 989. The zero-order chi connectivity index (χ0) is 23.5. The fraction of sp³-hybridized carbons (Fsp3) is 0.360. The molecule has 33 heavy (non-hydrogen) atoms. The van der Waals surface area contributed by atoms with Crippen LogP contribution in [0.2, 0.25) is 10.0 Å². The van der Waals surface area contributed by atoms with E-state index < -0.39 is 0 Å². The van der Waals surface area contributed by atoms with Crippen LogP contribution < -0.4 is 20.4 Å². The first-order valence-electron chi connectivity index (χ1n) is 11.1. The number of halogens is 4. The van der Waals surface area contributed by atoms with Crippen LogP contribution in [0.1, 0.15) is 30.4 Å². The Kier molecular flexibility index (Phi) is 8.89. The number of hydrogen-bond donors (Lipinski definition) is 2. The molecule has 176 valence electrons. The Labute approximate surface area is 234 Å². The molecule has 0 aliphatic carbocycles. The van der Waals surface area contributed by atoms with E-state index in [1.807, 2.05) is 24.3 Å². The van der Waals surface area contributed by atoms with E-state index in [0.717, 1.165) is 36.0 Å². The molecular formula is C25H28Cl2I2N4. The average molecular weight is 709 g/mol. The van der Waals surface area contributed by atoms with Gasteiger partial charge in [0.05, 0.1) is 12.3 Å². The maximum absolute atomic E-state index is 6.23. The van der Waals surface area contributed by atoms with Crippen LogP contribution in [0, 0.1) is 0 Å². The monoisotopic (exact) mass is 708 g/mol. The maximum atomic E-state index is 6.23. The lowest BCUT2D eigenvalue weighted by Gasteiger charge is -2.34. The van der Waals surface area contributed by atoms with Crippen LogP contribution in [-0.2, 0) is 0 Å². The quantitative estimate of drug-likeness (QED) is 0.226. The molecule has 2 N–H and O–H groups in total. The number of nitrogens with zero attached hydrogens (tertiary/aromatic N) is 2. The molecule has 2 aromatic carbocycles. The minimum atomic E-state index is 0.191. The molecule has 0 saturated carbocycles. The van der Waals surface area contributed by atoms with Crippen molar-refractivity contribution in [3.8, 4) is 0 Å². The summed E-state index contributed by atoms with van der Waals surface area (Å²) in [7, 11) is 4.24. The predicted molar refractivity (Wildman–Crippen MR) is 161 cm³/mol. The van der Waals surface area contributed by atoms with Crippen LogP contribution in [0.3, 0.4) is 0 Å². The SMILES string of the molecule is CN1c2cc(Cl)ccc2C(I)=CC1NCCCCCNC1C=C(I)c2ccc(Cl)cc2N1C. The minimum absolute atomic E-state index is 0.191. The summed E-state index contributed by atoms with van der Waals surface area (Å²) in [5.74, 6) is 0. The lowest BCUT2D eigenvalue weighted by molar-refractivity contribution is 0.517. The van der Waals surface area contributed by atoms with E-state index in [1.54, 1.807) is 0 Å². The van der Waals surface area contributed by atoms with Crippen molar-refractivity contribution < 1.29 is 0 Å². The fourth-order valence-electron chi connectivity index (χ4n) is 4.30. The Hall–Kier alpha value is -0.520. The molecule has 2 aromatic rings. The number of benzene rings is 2. The van der Waals surface area contributed by atoms with E-state index in [2.05, 4.69) is 104 Å². The molecular weight excluding hydrogens is 681 g/mol. The van der Waals surface area contributed by atoms with Gasteiger partial charge in [0, 0.05) is 53.8 Å². The second kappa shape index (κ2) is 11.5. The Morgan fingerprint density at radius 1 is 0.727 bits per heavy atom. The summed E-state index contributed by atoms with van der Waals surface area (Å²) in [5, 5.41) is 8.91. The number of nitrogens with one attached hydrogen (secondary N) is 2. The van der Waals surface area contributed by atoms with Gasteiger partial charge in [-0.25, -0.2) is 0 Å². The lowest BCUT2D eigenvalue weighted by atomic mass is 10.1. The van der Waals surface area contributed by atoms with Gasteiger partial charge in [0.1, 0.15) is 0 Å². The van der Waals surface area contributed by atoms with Gasteiger partial charge in [-0.05, 0) is 108 Å². The molecule has 0 saturated heterocycles. The second-order valence-corrected chi connectivity index (χ2v) is 11.6. The molecule has 4 nitrogen and oxygen atoms in total. The van der Waals surface area contributed by atoms with Gasteiger partial charge >= 0.3 is 0 Å². The van der Waals surface area contributed by atoms with Crippen molar-refractivity contribution in [2.75, 3.05) is 37.0 Å². The van der Waals surface area contributed by atoms with Crippen molar-refractivity contribution in [1.82, 2.24) is 10.6 Å². The molecule has 0 spiro atoms. The number of hydrogen-bond acceptors (Lipinski definition) is 4. The van der Waals surface area contributed by atoms with Crippen LogP contribution in [0.25, 0.3) is 7.16 Å². The van der Waals surface area contributed by atoms with Crippen LogP contribution in [0.5, 0.6) is 0 Å². The van der Waals surface area contributed by atoms with E-state index >= 15 is 0 Å². The zero-order valence-corrected chi connectivity index (χ0v) is 24.5. The highest BCUT2D eigenvalue weighted by Crippen LogP contribution is 2.39. The maximum Gasteiger partial charge on any atom is 0.0997 e. The third kappa shape index (κ3) is 6.01. The lowest BCUT2D eigenvalue weighted by Crippen LogP contribution is -2.45.